The molecule has 0 aliphatic carbocycles. The lowest BCUT2D eigenvalue weighted by atomic mass is 10.0. The number of halogens is 2. The molecule has 1 aliphatic rings. The fraction of sp³-hybridized carbons (Fsp3) is 0.480. The summed E-state index contributed by atoms with van der Waals surface area (Å²) in [6.45, 7) is 3.35. The minimum Gasteiger partial charge on any atom is -0.494 e. The molecule has 2 aromatic rings. The number of piperidine rings is 1. The van der Waals surface area contributed by atoms with Crippen LogP contribution in [0.25, 0.3) is 0 Å². The van der Waals surface area contributed by atoms with Gasteiger partial charge in [0.25, 0.3) is 5.91 Å². The van der Waals surface area contributed by atoms with Gasteiger partial charge < -0.3 is 30.2 Å². The Morgan fingerprint density at radius 3 is 2.74 bits per heavy atom. The van der Waals surface area contributed by atoms with Gasteiger partial charge in [-0.2, -0.15) is 11.8 Å². The molecule has 0 radical (unpaired) electrons. The first-order valence-electron chi connectivity index (χ1n) is 11.6. The molecule has 1 aliphatic heterocycles. The molecule has 1 heterocycles. The predicted molar refractivity (Wildman–Crippen MR) is 139 cm³/mol. The topological polar surface area (TPSA) is 86.1 Å². The zero-order valence-corrected chi connectivity index (χ0v) is 21.7. The molecule has 2 aromatic carbocycles. The Morgan fingerprint density at radius 2 is 2.03 bits per heavy atom. The Balaban J connectivity index is 1.51. The standard InChI is InChI=1S/C25H33ClFN3O4S/c1-32-24-16-30(9-3-11-33-18-6-4-17(27)5-7-18)10-8-22(24)29-25(31)19-14-20(26)21(28)15-23(19)34-12-13-35-2/h4-7,14-15,22,24H,3,8-13,16,28H2,1-2H3,(H,29,31)/t22-,24+/m0/s1. The van der Waals surface area contributed by atoms with E-state index in [1.165, 1.54) is 12.1 Å². The van der Waals surface area contributed by atoms with E-state index in [4.69, 9.17) is 31.5 Å². The number of thioether (sulfide) groups is 1. The number of nitrogens with one attached hydrogen (secondary N) is 1. The van der Waals surface area contributed by atoms with E-state index < -0.39 is 0 Å². The number of hydrogen-bond donors (Lipinski definition) is 2. The zero-order valence-electron chi connectivity index (χ0n) is 20.1. The third kappa shape index (κ3) is 8.17. The maximum atomic E-state index is 13.1. The molecule has 10 heteroatoms. The Labute approximate surface area is 215 Å². The minimum atomic E-state index is -0.281. The summed E-state index contributed by atoms with van der Waals surface area (Å²) in [7, 11) is 1.65. The van der Waals surface area contributed by atoms with Crippen molar-refractivity contribution >= 4 is 35.0 Å². The summed E-state index contributed by atoms with van der Waals surface area (Å²) in [6.07, 6.45) is 3.40. The Bertz CT molecular complexity index is 966. The number of nitrogens with two attached hydrogens (primary N) is 1. The first kappa shape index (κ1) is 27.4. The highest BCUT2D eigenvalue weighted by Gasteiger charge is 2.31. The number of hydrogen-bond acceptors (Lipinski definition) is 7. The van der Waals surface area contributed by atoms with Crippen molar-refractivity contribution in [3.8, 4) is 11.5 Å². The highest BCUT2D eigenvalue weighted by molar-refractivity contribution is 7.98. The van der Waals surface area contributed by atoms with Crippen LogP contribution in [0.4, 0.5) is 10.1 Å². The molecular weight excluding hydrogens is 493 g/mol. The third-order valence-electron chi connectivity index (χ3n) is 5.85. The van der Waals surface area contributed by atoms with E-state index in [2.05, 4.69) is 10.2 Å². The molecule has 3 rings (SSSR count). The van der Waals surface area contributed by atoms with Crippen LogP contribution in [0.2, 0.25) is 5.02 Å². The van der Waals surface area contributed by atoms with Crippen LogP contribution in [0.15, 0.2) is 36.4 Å². The van der Waals surface area contributed by atoms with Gasteiger partial charge >= 0.3 is 0 Å². The molecule has 1 saturated heterocycles. The number of carbonyl (C=O) groups excluding carboxylic acids is 1. The van der Waals surface area contributed by atoms with Gasteiger partial charge in [-0.05, 0) is 49.4 Å². The van der Waals surface area contributed by atoms with Gasteiger partial charge in [0.05, 0.1) is 41.6 Å². The number of ether oxygens (including phenoxy) is 3. The van der Waals surface area contributed by atoms with Crippen molar-refractivity contribution in [3.63, 3.8) is 0 Å². The highest BCUT2D eigenvalue weighted by atomic mass is 35.5. The maximum Gasteiger partial charge on any atom is 0.255 e. The molecule has 2 atom stereocenters. The van der Waals surface area contributed by atoms with Gasteiger partial charge in [-0.1, -0.05) is 11.6 Å². The number of rotatable bonds is 12. The Hall–Kier alpha value is -2.20. The molecule has 35 heavy (non-hydrogen) atoms. The normalized spacial score (nSPS) is 18.3. The van der Waals surface area contributed by atoms with Crippen molar-refractivity contribution in [2.75, 3.05) is 57.7 Å². The number of carbonyl (C=O) groups is 1. The monoisotopic (exact) mass is 525 g/mol. The zero-order chi connectivity index (χ0) is 25.2. The second-order valence-electron chi connectivity index (χ2n) is 8.31. The van der Waals surface area contributed by atoms with Crippen LogP contribution in [0, 0.1) is 5.82 Å². The van der Waals surface area contributed by atoms with Crippen LogP contribution >= 0.6 is 23.4 Å². The molecule has 1 amide bonds. The van der Waals surface area contributed by atoms with Crippen molar-refractivity contribution in [2.45, 2.75) is 25.0 Å². The van der Waals surface area contributed by atoms with Crippen molar-refractivity contribution in [2.24, 2.45) is 0 Å². The lowest BCUT2D eigenvalue weighted by Crippen LogP contribution is -2.55. The van der Waals surface area contributed by atoms with Gasteiger partial charge in [0.15, 0.2) is 0 Å². The highest BCUT2D eigenvalue weighted by Crippen LogP contribution is 2.29. The average Bonchev–Trinajstić information content (AvgIpc) is 2.85. The van der Waals surface area contributed by atoms with Crippen LogP contribution in [0.5, 0.6) is 11.5 Å². The fourth-order valence-corrected chi connectivity index (χ4v) is 4.36. The molecule has 1 fully saturated rings. The molecule has 0 bridgehead atoms. The van der Waals surface area contributed by atoms with Crippen molar-refractivity contribution in [1.29, 1.82) is 0 Å². The molecule has 7 nitrogen and oxygen atoms in total. The number of benzene rings is 2. The third-order valence-corrected chi connectivity index (χ3v) is 6.75. The summed E-state index contributed by atoms with van der Waals surface area (Å²) in [5.41, 5.74) is 6.66. The maximum absolute atomic E-state index is 13.1. The van der Waals surface area contributed by atoms with E-state index in [1.54, 1.807) is 43.1 Å². The van der Waals surface area contributed by atoms with E-state index in [0.717, 1.165) is 31.7 Å². The molecule has 0 saturated carbocycles. The number of amides is 1. The molecule has 192 valence electrons. The Kier molecular flexibility index (Phi) is 10.8. The van der Waals surface area contributed by atoms with Gasteiger partial charge in [0, 0.05) is 38.6 Å². The Morgan fingerprint density at radius 1 is 1.26 bits per heavy atom. The quantitative estimate of drug-likeness (QED) is 0.319. The van der Waals surface area contributed by atoms with E-state index in [9.17, 15) is 9.18 Å². The largest absolute Gasteiger partial charge is 0.494 e. The summed E-state index contributed by atoms with van der Waals surface area (Å²) in [4.78, 5) is 15.4. The van der Waals surface area contributed by atoms with Crippen LogP contribution < -0.4 is 20.5 Å². The lowest BCUT2D eigenvalue weighted by molar-refractivity contribution is 0.00526. The van der Waals surface area contributed by atoms with E-state index in [0.29, 0.717) is 47.5 Å². The minimum absolute atomic E-state index is 0.144. The van der Waals surface area contributed by atoms with Gasteiger partial charge in [-0.25, -0.2) is 4.39 Å². The second-order valence-corrected chi connectivity index (χ2v) is 9.70. The summed E-state index contributed by atoms with van der Waals surface area (Å²) in [5.74, 6) is 1.33. The summed E-state index contributed by atoms with van der Waals surface area (Å²) in [6, 6.07) is 9.02. The fourth-order valence-electron chi connectivity index (χ4n) is 3.94. The molecule has 0 aromatic heterocycles. The number of anilines is 1. The SMILES string of the molecule is CO[C@@H]1CN(CCCOc2ccc(F)cc2)CC[C@@H]1NC(=O)c1cc(Cl)c(N)cc1OCCSC. The first-order chi connectivity index (χ1) is 16.9. The van der Waals surface area contributed by atoms with Gasteiger partial charge in [-0.3, -0.25) is 4.79 Å². The summed E-state index contributed by atoms with van der Waals surface area (Å²) in [5, 5.41) is 3.41. The van der Waals surface area contributed by atoms with Gasteiger partial charge in [0.2, 0.25) is 0 Å². The smallest absolute Gasteiger partial charge is 0.255 e. The van der Waals surface area contributed by atoms with Crippen molar-refractivity contribution in [1.82, 2.24) is 10.2 Å². The number of nitrogen functional groups attached to an aromatic ring is 1. The van der Waals surface area contributed by atoms with Crippen LogP contribution in [0.3, 0.4) is 0 Å². The second kappa shape index (κ2) is 13.8. The molecular formula is C25H33ClFN3O4S. The van der Waals surface area contributed by atoms with E-state index in [1.807, 2.05) is 6.26 Å². The predicted octanol–water partition coefficient (Wildman–Crippen LogP) is 4.09. The molecule has 3 N–H and O–H groups in total. The van der Waals surface area contributed by atoms with Gasteiger partial charge in [0.1, 0.15) is 17.3 Å². The summed E-state index contributed by atoms with van der Waals surface area (Å²) < 4.78 is 30.2. The first-order valence-corrected chi connectivity index (χ1v) is 13.3. The van der Waals surface area contributed by atoms with E-state index in [-0.39, 0.29) is 23.9 Å². The number of nitrogens with zero attached hydrogens (tertiary/aromatic N) is 1. The van der Waals surface area contributed by atoms with Crippen molar-refractivity contribution < 1.29 is 23.4 Å². The molecule has 0 unspecified atom stereocenters. The van der Waals surface area contributed by atoms with Crippen molar-refractivity contribution in [3.05, 3.63) is 52.8 Å². The van der Waals surface area contributed by atoms with Gasteiger partial charge in [-0.15, -0.1) is 0 Å². The molecule has 0 spiro atoms. The van der Waals surface area contributed by atoms with E-state index >= 15 is 0 Å². The number of methoxy groups -OCH3 is 1. The summed E-state index contributed by atoms with van der Waals surface area (Å²) >= 11 is 7.85. The van der Waals surface area contributed by atoms with Crippen LogP contribution in [-0.2, 0) is 4.74 Å². The van der Waals surface area contributed by atoms with Crippen LogP contribution in [-0.4, -0.2) is 74.9 Å². The van der Waals surface area contributed by atoms with Crippen LogP contribution in [0.1, 0.15) is 23.2 Å². The number of likely N-dealkylation sites (tertiary alicyclic amines) is 1. The average molecular weight is 526 g/mol. The lowest BCUT2D eigenvalue weighted by Gasteiger charge is -2.38.